The minimum absolute atomic E-state index is 0.142. The Kier molecular flexibility index (Phi) is 9.21. The number of benzene rings is 2. The maximum atomic E-state index is 12.4. The summed E-state index contributed by atoms with van der Waals surface area (Å²) in [5.41, 5.74) is 5.24. The van der Waals surface area contributed by atoms with Crippen molar-refractivity contribution < 1.29 is 9.53 Å². The first-order valence-corrected chi connectivity index (χ1v) is 12.8. The molecule has 0 aliphatic heterocycles. The fourth-order valence-corrected chi connectivity index (χ4v) is 4.14. The van der Waals surface area contributed by atoms with Gasteiger partial charge in [0.2, 0.25) is 0 Å². The number of pyridine rings is 1. The van der Waals surface area contributed by atoms with E-state index < -0.39 is 0 Å². The monoisotopic (exact) mass is 500 g/mol. The van der Waals surface area contributed by atoms with Crippen LogP contribution < -0.4 is 10.2 Å². The molecule has 0 bridgehead atoms. The van der Waals surface area contributed by atoms with Crippen LogP contribution in [-0.4, -0.2) is 44.2 Å². The van der Waals surface area contributed by atoms with Crippen molar-refractivity contribution in [2.24, 2.45) is 5.10 Å². The van der Waals surface area contributed by atoms with Gasteiger partial charge in [-0.05, 0) is 60.5 Å². The van der Waals surface area contributed by atoms with Gasteiger partial charge in [-0.15, -0.1) is 10.2 Å². The number of carbonyl (C=O) groups excluding carboxylic acids is 1. The highest BCUT2D eigenvalue weighted by atomic mass is 32.2. The molecule has 0 saturated carbocycles. The summed E-state index contributed by atoms with van der Waals surface area (Å²) in [5, 5.41) is 13.4. The molecule has 0 aliphatic rings. The molecule has 0 spiro atoms. The van der Waals surface area contributed by atoms with Crippen LogP contribution >= 0.6 is 11.8 Å². The zero-order valence-corrected chi connectivity index (χ0v) is 20.9. The molecule has 36 heavy (non-hydrogen) atoms. The molecule has 0 unspecified atom stereocenters. The number of hydrazone groups is 1. The van der Waals surface area contributed by atoms with Crippen molar-refractivity contribution in [2.45, 2.75) is 31.3 Å². The second-order valence-corrected chi connectivity index (χ2v) is 8.86. The number of thioether (sulfide) groups is 1. The van der Waals surface area contributed by atoms with Gasteiger partial charge in [0.05, 0.1) is 18.6 Å². The molecule has 8 nitrogen and oxygen atoms in total. The van der Waals surface area contributed by atoms with Gasteiger partial charge in [0.15, 0.2) is 11.0 Å². The third kappa shape index (κ3) is 7.02. The summed E-state index contributed by atoms with van der Waals surface area (Å²) in [4.78, 5) is 16.5. The lowest BCUT2D eigenvalue weighted by atomic mass is 10.2. The number of nitrogens with zero attached hydrogens (tertiary/aromatic N) is 5. The third-order valence-electron chi connectivity index (χ3n) is 5.22. The van der Waals surface area contributed by atoms with Crippen LogP contribution in [0.5, 0.6) is 5.75 Å². The number of nitrogens with one attached hydrogen (secondary N) is 1. The molecule has 4 aromatic rings. The normalized spacial score (nSPS) is 11.0. The number of carbonyl (C=O) groups is 1. The summed E-state index contributed by atoms with van der Waals surface area (Å²) in [7, 11) is 0. The summed E-state index contributed by atoms with van der Waals surface area (Å²) in [6.07, 6.45) is 8.42. The number of rotatable bonds is 12. The van der Waals surface area contributed by atoms with E-state index in [-0.39, 0.29) is 11.7 Å². The van der Waals surface area contributed by atoms with Crippen LogP contribution in [0.15, 0.2) is 89.4 Å². The lowest BCUT2D eigenvalue weighted by Gasteiger charge is -2.10. The Morgan fingerprint density at radius 2 is 1.81 bits per heavy atom. The largest absolute Gasteiger partial charge is 0.494 e. The number of hydrogen-bond acceptors (Lipinski definition) is 7. The van der Waals surface area contributed by atoms with Crippen LogP contribution in [-0.2, 0) is 4.79 Å². The predicted molar refractivity (Wildman–Crippen MR) is 143 cm³/mol. The van der Waals surface area contributed by atoms with Crippen LogP contribution in [0.1, 0.15) is 31.7 Å². The Morgan fingerprint density at radius 1 is 1.03 bits per heavy atom. The number of amides is 1. The van der Waals surface area contributed by atoms with Gasteiger partial charge in [0.1, 0.15) is 5.75 Å². The maximum Gasteiger partial charge on any atom is 0.250 e. The zero-order valence-electron chi connectivity index (χ0n) is 20.1. The molecule has 2 aromatic heterocycles. The van der Waals surface area contributed by atoms with Crippen molar-refractivity contribution in [2.75, 3.05) is 12.4 Å². The number of unbranched alkanes of at least 4 members (excludes halogenated alkanes) is 2. The van der Waals surface area contributed by atoms with Gasteiger partial charge in [0.25, 0.3) is 5.91 Å². The molecule has 0 atom stereocenters. The molecule has 0 aliphatic carbocycles. The Morgan fingerprint density at radius 3 is 2.56 bits per heavy atom. The minimum atomic E-state index is -0.236. The van der Waals surface area contributed by atoms with Gasteiger partial charge in [-0.1, -0.05) is 49.7 Å². The van der Waals surface area contributed by atoms with E-state index in [0.717, 1.165) is 35.6 Å². The summed E-state index contributed by atoms with van der Waals surface area (Å²) in [6, 6.07) is 21.2. The fraction of sp³-hybridized carbons (Fsp3) is 0.222. The van der Waals surface area contributed by atoms with Gasteiger partial charge in [-0.3, -0.25) is 14.3 Å². The molecule has 184 valence electrons. The summed E-state index contributed by atoms with van der Waals surface area (Å²) >= 11 is 1.30. The second kappa shape index (κ2) is 13.2. The summed E-state index contributed by atoms with van der Waals surface area (Å²) < 4.78 is 7.65. The molecule has 1 amide bonds. The smallest absolute Gasteiger partial charge is 0.250 e. The first kappa shape index (κ1) is 25.1. The first-order chi connectivity index (χ1) is 17.7. The van der Waals surface area contributed by atoms with Crippen LogP contribution in [0.4, 0.5) is 0 Å². The summed E-state index contributed by atoms with van der Waals surface area (Å²) in [6.45, 7) is 2.89. The Balaban J connectivity index is 1.34. The van der Waals surface area contributed by atoms with E-state index >= 15 is 0 Å². The van der Waals surface area contributed by atoms with Gasteiger partial charge in [0, 0.05) is 23.6 Å². The molecule has 0 radical (unpaired) electrons. The number of para-hydroxylation sites is 1. The average molecular weight is 501 g/mol. The minimum Gasteiger partial charge on any atom is -0.494 e. The third-order valence-corrected chi connectivity index (χ3v) is 6.15. The van der Waals surface area contributed by atoms with E-state index in [1.54, 1.807) is 18.6 Å². The van der Waals surface area contributed by atoms with Crippen molar-refractivity contribution >= 4 is 23.9 Å². The number of ether oxygens (including phenoxy) is 1. The zero-order chi connectivity index (χ0) is 25.0. The molecule has 2 heterocycles. The van der Waals surface area contributed by atoms with Gasteiger partial charge < -0.3 is 4.74 Å². The maximum absolute atomic E-state index is 12.4. The van der Waals surface area contributed by atoms with Crippen LogP contribution in [0.2, 0.25) is 0 Å². The predicted octanol–water partition coefficient (Wildman–Crippen LogP) is 5.14. The van der Waals surface area contributed by atoms with E-state index in [2.05, 4.69) is 32.6 Å². The Bertz CT molecular complexity index is 1260. The molecular weight excluding hydrogens is 472 g/mol. The van der Waals surface area contributed by atoms with Gasteiger partial charge in [-0.25, -0.2) is 5.43 Å². The molecule has 2 aromatic carbocycles. The Hall–Kier alpha value is -3.98. The number of hydrogen-bond donors (Lipinski definition) is 1. The molecule has 4 rings (SSSR count). The van der Waals surface area contributed by atoms with Crippen LogP contribution in [0, 0.1) is 0 Å². The topological polar surface area (TPSA) is 94.3 Å². The fourth-order valence-electron chi connectivity index (χ4n) is 3.39. The van der Waals surface area contributed by atoms with Gasteiger partial charge in [-0.2, -0.15) is 5.10 Å². The van der Waals surface area contributed by atoms with E-state index in [1.807, 2.05) is 71.3 Å². The second-order valence-electron chi connectivity index (χ2n) is 7.92. The summed E-state index contributed by atoms with van der Waals surface area (Å²) in [5.74, 6) is 1.42. The van der Waals surface area contributed by atoms with Crippen molar-refractivity contribution in [3.05, 3.63) is 84.7 Å². The number of aromatic nitrogens is 4. The highest BCUT2D eigenvalue weighted by molar-refractivity contribution is 7.99. The lowest BCUT2D eigenvalue weighted by Crippen LogP contribution is -2.20. The van der Waals surface area contributed by atoms with E-state index in [0.29, 0.717) is 11.0 Å². The first-order valence-electron chi connectivity index (χ1n) is 11.8. The molecule has 0 saturated heterocycles. The molecule has 0 fully saturated rings. The Labute approximate surface area is 214 Å². The van der Waals surface area contributed by atoms with E-state index in [4.69, 9.17) is 4.74 Å². The van der Waals surface area contributed by atoms with Crippen LogP contribution in [0.3, 0.4) is 0 Å². The standard InChI is InChI=1S/C27H28N6O2S/c1-2-3-7-18-35-24-12-10-21(11-13-24)19-29-30-25(34)20-36-27-32-31-26(22-14-16-28-17-15-22)33(27)23-8-5-4-6-9-23/h4-6,8-17,19H,2-3,7,18,20H2,1H3,(H,30,34)/b29-19-. The SMILES string of the molecule is CCCCCOc1ccc(/C=N\NC(=O)CSc2nnc(-c3ccncc3)n2-c2ccccc2)cc1. The van der Waals surface area contributed by atoms with Crippen molar-refractivity contribution in [1.82, 2.24) is 25.2 Å². The highest BCUT2D eigenvalue weighted by Gasteiger charge is 2.17. The molecule has 9 heteroatoms. The van der Waals surface area contributed by atoms with Crippen LogP contribution in [0.25, 0.3) is 17.1 Å². The van der Waals surface area contributed by atoms with Gasteiger partial charge >= 0.3 is 0 Å². The molecular formula is C27H28N6O2S. The lowest BCUT2D eigenvalue weighted by molar-refractivity contribution is -0.118. The molecule has 1 N–H and O–H groups in total. The van der Waals surface area contributed by atoms with E-state index in [9.17, 15) is 4.79 Å². The van der Waals surface area contributed by atoms with Crippen molar-refractivity contribution in [3.8, 4) is 22.8 Å². The quantitative estimate of drug-likeness (QED) is 0.125. The van der Waals surface area contributed by atoms with Crippen molar-refractivity contribution in [3.63, 3.8) is 0 Å². The highest BCUT2D eigenvalue weighted by Crippen LogP contribution is 2.27. The van der Waals surface area contributed by atoms with E-state index in [1.165, 1.54) is 24.6 Å². The van der Waals surface area contributed by atoms with Crippen molar-refractivity contribution in [1.29, 1.82) is 0 Å². The average Bonchev–Trinajstić information content (AvgIpc) is 3.36.